The Morgan fingerprint density at radius 1 is 1.75 bits per heavy atom. The van der Waals surface area contributed by atoms with E-state index in [0.29, 0.717) is 0 Å². The van der Waals surface area contributed by atoms with Crippen LogP contribution in [0, 0.1) is 0 Å². The van der Waals surface area contributed by atoms with E-state index >= 15 is 0 Å². The molecule has 0 aliphatic carbocycles. The molecule has 2 heteroatoms. The average Bonchev–Trinajstić information content (AvgIpc) is 1.90. The lowest BCUT2D eigenvalue weighted by molar-refractivity contribution is 1.01. The minimum Gasteiger partial charge on any atom is -0.365 e. The number of hydrogen-bond donors (Lipinski definition) is 2. The monoisotopic (exact) mass is 127 g/mol. The first-order chi connectivity index (χ1) is 3.93. The Labute approximate surface area is 54.9 Å². The Balaban J connectivity index is 2.43. The molecule has 0 aromatic carbocycles. The van der Waals surface area contributed by atoms with Gasteiger partial charge in [0.25, 0.3) is 0 Å². The molecule has 8 heavy (non-hydrogen) atoms. The summed E-state index contributed by atoms with van der Waals surface area (Å²) < 4.78 is 0. The molecule has 0 unspecified atom stereocenters. The molecule has 0 radical (unpaired) electrons. The van der Waals surface area contributed by atoms with Crippen LogP contribution in [0.5, 0.6) is 0 Å². The Morgan fingerprint density at radius 2 is 2.62 bits per heavy atom. The van der Waals surface area contributed by atoms with Crippen LogP contribution < -0.4 is 5.32 Å². The van der Waals surface area contributed by atoms with Crippen LogP contribution in [-0.4, -0.2) is 5.75 Å². The van der Waals surface area contributed by atoms with Crippen molar-refractivity contribution < 1.29 is 0 Å². The van der Waals surface area contributed by atoms with Crippen LogP contribution in [0.25, 0.3) is 0 Å². The molecule has 0 spiro atoms. The standard InChI is InChI=1S/C6H9NS/c8-5-6-3-1-2-4-7-6/h2-4,7-8H,1,5H2. The van der Waals surface area contributed by atoms with E-state index in [9.17, 15) is 0 Å². The third-order valence-corrected chi connectivity index (χ3v) is 1.40. The van der Waals surface area contributed by atoms with Gasteiger partial charge in [-0.2, -0.15) is 12.6 Å². The highest BCUT2D eigenvalue weighted by Crippen LogP contribution is 2.00. The van der Waals surface area contributed by atoms with Gasteiger partial charge in [-0.1, -0.05) is 12.2 Å². The van der Waals surface area contributed by atoms with Gasteiger partial charge in [-0.15, -0.1) is 0 Å². The van der Waals surface area contributed by atoms with Crippen molar-refractivity contribution in [3.05, 3.63) is 24.0 Å². The molecule has 0 atom stereocenters. The van der Waals surface area contributed by atoms with Gasteiger partial charge in [0.05, 0.1) is 0 Å². The van der Waals surface area contributed by atoms with Gasteiger partial charge >= 0.3 is 0 Å². The summed E-state index contributed by atoms with van der Waals surface area (Å²) in [5.41, 5.74) is 1.20. The van der Waals surface area contributed by atoms with Crippen LogP contribution >= 0.6 is 12.6 Å². The molecule has 1 heterocycles. The van der Waals surface area contributed by atoms with Crippen LogP contribution in [-0.2, 0) is 0 Å². The zero-order chi connectivity index (χ0) is 5.82. The van der Waals surface area contributed by atoms with Crippen LogP contribution in [0.4, 0.5) is 0 Å². The second-order valence-corrected chi connectivity index (χ2v) is 1.99. The second-order valence-electron chi connectivity index (χ2n) is 1.67. The van der Waals surface area contributed by atoms with E-state index in [4.69, 9.17) is 0 Å². The Bertz CT molecular complexity index is 126. The maximum absolute atomic E-state index is 4.10. The van der Waals surface area contributed by atoms with Crippen LogP contribution in [0.3, 0.4) is 0 Å². The summed E-state index contributed by atoms with van der Waals surface area (Å²) in [6.07, 6.45) is 7.20. The van der Waals surface area contributed by atoms with E-state index in [-0.39, 0.29) is 0 Å². The van der Waals surface area contributed by atoms with E-state index in [0.717, 1.165) is 12.2 Å². The highest BCUT2D eigenvalue weighted by molar-refractivity contribution is 7.80. The molecule has 1 aliphatic heterocycles. The molecule has 0 aromatic heterocycles. The molecule has 0 amide bonds. The molecule has 0 saturated heterocycles. The van der Waals surface area contributed by atoms with Gasteiger partial charge in [-0.05, 0) is 12.6 Å². The molecule has 0 bridgehead atoms. The number of hydrogen-bond acceptors (Lipinski definition) is 2. The zero-order valence-electron chi connectivity index (χ0n) is 4.59. The van der Waals surface area contributed by atoms with Gasteiger partial charge in [0.15, 0.2) is 0 Å². The maximum Gasteiger partial charge on any atom is 0.0302 e. The maximum atomic E-state index is 4.10. The van der Waals surface area contributed by atoms with Crippen LogP contribution in [0.2, 0.25) is 0 Å². The zero-order valence-corrected chi connectivity index (χ0v) is 5.49. The largest absolute Gasteiger partial charge is 0.365 e. The Kier molecular flexibility index (Phi) is 2.03. The molecule has 0 fully saturated rings. The van der Waals surface area contributed by atoms with Crippen molar-refractivity contribution in [2.24, 2.45) is 0 Å². The van der Waals surface area contributed by atoms with Crippen molar-refractivity contribution in [2.45, 2.75) is 6.42 Å². The minimum atomic E-state index is 0.810. The van der Waals surface area contributed by atoms with E-state index in [2.05, 4.69) is 30.1 Å². The summed E-state index contributed by atoms with van der Waals surface area (Å²) in [4.78, 5) is 0. The van der Waals surface area contributed by atoms with E-state index in [1.54, 1.807) is 0 Å². The molecule has 1 aliphatic rings. The molecule has 0 saturated carbocycles. The van der Waals surface area contributed by atoms with Crippen LogP contribution in [0.15, 0.2) is 24.0 Å². The SMILES string of the molecule is SCC1=CCC=CN1. The summed E-state index contributed by atoms with van der Waals surface area (Å²) >= 11 is 4.10. The van der Waals surface area contributed by atoms with Gasteiger partial charge in [-0.25, -0.2) is 0 Å². The lowest BCUT2D eigenvalue weighted by Gasteiger charge is -2.05. The average molecular weight is 127 g/mol. The van der Waals surface area contributed by atoms with Gasteiger partial charge in [-0.3, -0.25) is 0 Å². The predicted octanol–water partition coefficient (Wildman–Crippen LogP) is 1.31. The van der Waals surface area contributed by atoms with Crippen LogP contribution in [0.1, 0.15) is 6.42 Å². The molecule has 1 nitrogen and oxygen atoms in total. The summed E-state index contributed by atoms with van der Waals surface area (Å²) in [5, 5.41) is 3.07. The predicted molar refractivity (Wildman–Crippen MR) is 38.8 cm³/mol. The first-order valence-corrected chi connectivity index (χ1v) is 3.28. The summed E-state index contributed by atoms with van der Waals surface area (Å²) in [6.45, 7) is 0. The first kappa shape index (κ1) is 5.76. The van der Waals surface area contributed by atoms with Crippen molar-refractivity contribution in [1.82, 2.24) is 5.32 Å². The van der Waals surface area contributed by atoms with Crippen molar-refractivity contribution in [2.75, 3.05) is 5.75 Å². The normalized spacial score (nSPS) is 17.4. The van der Waals surface area contributed by atoms with Gasteiger partial charge < -0.3 is 5.32 Å². The van der Waals surface area contributed by atoms with Gasteiger partial charge in [0.1, 0.15) is 0 Å². The molecule has 1 N–H and O–H groups in total. The highest BCUT2D eigenvalue weighted by atomic mass is 32.1. The highest BCUT2D eigenvalue weighted by Gasteiger charge is 1.91. The van der Waals surface area contributed by atoms with Crippen molar-refractivity contribution >= 4 is 12.6 Å². The molecule has 44 valence electrons. The van der Waals surface area contributed by atoms with E-state index in [1.165, 1.54) is 5.70 Å². The number of allylic oxidation sites excluding steroid dienone is 2. The van der Waals surface area contributed by atoms with E-state index in [1.807, 2.05) is 6.20 Å². The summed E-state index contributed by atoms with van der Waals surface area (Å²) in [7, 11) is 0. The van der Waals surface area contributed by atoms with E-state index < -0.39 is 0 Å². The Hall–Kier alpha value is -0.370. The lowest BCUT2D eigenvalue weighted by atomic mass is 10.3. The third-order valence-electron chi connectivity index (χ3n) is 1.06. The number of dihydropyridines is 1. The third kappa shape index (κ3) is 1.30. The first-order valence-electron chi connectivity index (χ1n) is 2.65. The molecular formula is C6H9NS. The van der Waals surface area contributed by atoms with Crippen molar-refractivity contribution in [3.8, 4) is 0 Å². The topological polar surface area (TPSA) is 12.0 Å². The fraction of sp³-hybridized carbons (Fsp3) is 0.333. The minimum absolute atomic E-state index is 0.810. The van der Waals surface area contributed by atoms with Gasteiger partial charge in [0, 0.05) is 11.4 Å². The molecule has 0 aromatic rings. The second kappa shape index (κ2) is 2.82. The summed E-state index contributed by atoms with van der Waals surface area (Å²) in [6, 6.07) is 0. The Morgan fingerprint density at radius 3 is 3.00 bits per heavy atom. The number of thiol groups is 1. The summed E-state index contributed by atoms with van der Waals surface area (Å²) in [5.74, 6) is 0.810. The molecular weight excluding hydrogens is 118 g/mol. The fourth-order valence-corrected chi connectivity index (χ4v) is 0.834. The molecule has 1 rings (SSSR count). The van der Waals surface area contributed by atoms with Crippen molar-refractivity contribution in [3.63, 3.8) is 0 Å². The van der Waals surface area contributed by atoms with Gasteiger partial charge in [0.2, 0.25) is 0 Å². The van der Waals surface area contributed by atoms with Crippen molar-refractivity contribution in [1.29, 1.82) is 0 Å². The number of nitrogens with one attached hydrogen (secondary N) is 1. The lowest BCUT2D eigenvalue weighted by Crippen LogP contribution is -2.08. The number of rotatable bonds is 1. The fourth-order valence-electron chi connectivity index (χ4n) is 0.613. The smallest absolute Gasteiger partial charge is 0.0302 e. The quantitative estimate of drug-likeness (QED) is 0.506.